The second-order valence-corrected chi connectivity index (χ2v) is 28.6. The van der Waals surface area contributed by atoms with Gasteiger partial charge in [0.15, 0.2) is 0 Å². The van der Waals surface area contributed by atoms with Gasteiger partial charge in [0.05, 0.1) is 0 Å². The van der Waals surface area contributed by atoms with E-state index in [1.54, 1.807) is 0 Å². The topological polar surface area (TPSA) is 0 Å². The highest BCUT2D eigenvalue weighted by molar-refractivity contribution is 5.17. The van der Waals surface area contributed by atoms with E-state index in [9.17, 15) is 0 Å². The Kier molecular flexibility index (Phi) is 13.1. The molecule has 0 bridgehead atoms. The van der Waals surface area contributed by atoms with Gasteiger partial charge in [-0.1, -0.05) is 186 Å². The first-order valence-electron chi connectivity index (χ1n) is 22.5. The van der Waals surface area contributed by atoms with Crippen LogP contribution in [0, 0.1) is 82.2 Å². The molecule has 5 aliphatic rings. The van der Waals surface area contributed by atoms with Gasteiger partial charge in [0, 0.05) is 0 Å². The summed E-state index contributed by atoms with van der Waals surface area (Å²) in [5.41, 5.74) is 6.87. The molecule has 5 fully saturated rings. The molecule has 0 unspecified atom stereocenters. The van der Waals surface area contributed by atoms with E-state index >= 15 is 0 Å². The molecule has 5 saturated carbocycles. The predicted molar refractivity (Wildman–Crippen MR) is 237 cm³/mol. The van der Waals surface area contributed by atoms with Crippen molar-refractivity contribution in [3.05, 3.63) is 0 Å². The molecule has 0 radical (unpaired) electrons. The van der Waals surface area contributed by atoms with Gasteiger partial charge in [-0.2, -0.15) is 0 Å². The molecule has 0 aromatic rings. The van der Waals surface area contributed by atoms with Crippen molar-refractivity contribution in [2.24, 2.45) is 82.2 Å². The molecule has 0 atom stereocenters. The fourth-order valence-electron chi connectivity index (χ4n) is 14.1. The Morgan fingerprint density at radius 1 is 0.288 bits per heavy atom. The maximum absolute atomic E-state index is 2.44. The van der Waals surface area contributed by atoms with Gasteiger partial charge in [-0.3, -0.25) is 0 Å². The smallest absolute Gasteiger partial charge is 0.0190 e. The van der Waals surface area contributed by atoms with E-state index in [-0.39, 0.29) is 0 Å². The van der Waals surface area contributed by atoms with Crippen LogP contribution in [0.25, 0.3) is 0 Å². The van der Waals surface area contributed by atoms with Crippen molar-refractivity contribution in [3.8, 4) is 0 Å². The molecular formula is C52H102. The zero-order valence-electron chi connectivity index (χ0n) is 41.4. The van der Waals surface area contributed by atoms with Crippen molar-refractivity contribution in [1.82, 2.24) is 0 Å². The predicted octanol–water partition coefficient (Wildman–Crippen LogP) is 17.9. The summed E-state index contributed by atoms with van der Waals surface area (Å²) < 4.78 is 0. The van der Waals surface area contributed by atoms with Crippen LogP contribution in [0.5, 0.6) is 0 Å². The minimum atomic E-state index is 0.456. The molecule has 52 heavy (non-hydrogen) atoms. The largest absolute Gasteiger partial charge is 0.0625 e. The Hall–Kier alpha value is 0. The molecule has 310 valence electrons. The molecule has 0 N–H and O–H groups in total. The van der Waals surface area contributed by atoms with Gasteiger partial charge in [-0.05, 0) is 146 Å². The Labute approximate surface area is 331 Å². The average Bonchev–Trinajstić information content (AvgIpc) is 3.53. The Bertz CT molecular complexity index is 1020. The quantitative estimate of drug-likeness (QED) is 0.233. The lowest BCUT2D eigenvalue weighted by Crippen LogP contribution is -2.55. The van der Waals surface area contributed by atoms with Gasteiger partial charge in [0.1, 0.15) is 0 Å². The van der Waals surface area contributed by atoms with Crippen molar-refractivity contribution in [1.29, 1.82) is 0 Å². The van der Waals surface area contributed by atoms with Gasteiger partial charge in [-0.25, -0.2) is 0 Å². The highest BCUT2D eigenvalue weighted by Crippen LogP contribution is 2.77. The van der Waals surface area contributed by atoms with Crippen LogP contribution in [-0.4, -0.2) is 0 Å². The van der Waals surface area contributed by atoms with Crippen molar-refractivity contribution in [2.45, 2.75) is 251 Å². The minimum absolute atomic E-state index is 0.456. The molecule has 0 amide bonds. The van der Waals surface area contributed by atoms with Crippen LogP contribution in [0.15, 0.2) is 0 Å². The van der Waals surface area contributed by atoms with Crippen molar-refractivity contribution in [3.63, 3.8) is 0 Å². The summed E-state index contributed by atoms with van der Waals surface area (Å²) in [7, 11) is 0. The average molecular weight is 727 g/mol. The molecule has 0 saturated heterocycles. The number of hydrogen-bond acceptors (Lipinski definition) is 0. The second-order valence-electron chi connectivity index (χ2n) is 28.6. The monoisotopic (exact) mass is 727 g/mol. The van der Waals surface area contributed by atoms with E-state index in [4.69, 9.17) is 0 Å². The molecular weight excluding hydrogens is 625 g/mol. The van der Waals surface area contributed by atoms with Gasteiger partial charge >= 0.3 is 0 Å². The standard InChI is InChI=1S/C14H26.2C13H26.C12H24/c1-11(2,3)14(12(4,5)6)9-13(10-14)7-8-13;2*1-10-8-13(9-10,11(2,3)4)12(5,6)7;1-10(2,3)12(8-7-9-12)11(4,5)6/h7-10H2,1-6H3;2*10H,8-9H2,1-7H3;7-9H2,1-6H3. The van der Waals surface area contributed by atoms with Crippen molar-refractivity contribution >= 4 is 0 Å². The SMILES string of the molecule is CC(C)(C)C1(C(C)(C)C)CC2(CC2)C1.CC(C)(C)C1(C(C)(C)C)CCC1.CC1CC(C(C)(C)C)(C(C)(C)C)C1.CC1CC(C(C)(C)C)(C(C)(C)C)C1. The van der Waals surface area contributed by atoms with Gasteiger partial charge in [0.25, 0.3) is 0 Å². The van der Waals surface area contributed by atoms with E-state index in [1.165, 1.54) is 70.6 Å². The Balaban J connectivity index is 0.000000241. The zero-order chi connectivity index (χ0) is 41.4. The lowest BCUT2D eigenvalue weighted by atomic mass is 9.41. The fraction of sp³-hybridized carbons (Fsp3) is 1.00. The van der Waals surface area contributed by atoms with Crippen molar-refractivity contribution in [2.75, 3.05) is 0 Å². The van der Waals surface area contributed by atoms with Crippen LogP contribution < -0.4 is 0 Å². The van der Waals surface area contributed by atoms with Gasteiger partial charge in [-0.15, -0.1) is 0 Å². The van der Waals surface area contributed by atoms with Crippen LogP contribution in [0.2, 0.25) is 0 Å². The molecule has 0 nitrogen and oxygen atoms in total. The summed E-state index contributed by atoms with van der Waals surface area (Å²) in [6.45, 7) is 62.7. The lowest BCUT2D eigenvalue weighted by molar-refractivity contribution is -0.146. The summed E-state index contributed by atoms with van der Waals surface area (Å²) in [4.78, 5) is 0. The highest BCUT2D eigenvalue weighted by atomic mass is 14.7. The number of rotatable bonds is 0. The van der Waals surface area contributed by atoms with E-state index in [0.29, 0.717) is 65.0 Å². The lowest BCUT2D eigenvalue weighted by Gasteiger charge is -2.64. The third-order valence-electron chi connectivity index (χ3n) is 17.8. The second kappa shape index (κ2) is 14.1. The summed E-state index contributed by atoms with van der Waals surface area (Å²) in [5.74, 6) is 1.89. The van der Waals surface area contributed by atoms with E-state index in [1.807, 2.05) is 0 Å². The van der Waals surface area contributed by atoms with E-state index in [0.717, 1.165) is 17.3 Å². The minimum Gasteiger partial charge on any atom is -0.0625 e. The molecule has 0 aromatic heterocycles. The summed E-state index contributed by atoms with van der Waals surface area (Å²) >= 11 is 0. The van der Waals surface area contributed by atoms with Crippen LogP contribution in [0.4, 0.5) is 0 Å². The van der Waals surface area contributed by atoms with Crippen LogP contribution in [0.1, 0.15) is 251 Å². The highest BCUT2D eigenvalue weighted by Gasteiger charge is 2.68. The fourth-order valence-corrected chi connectivity index (χ4v) is 14.1. The van der Waals surface area contributed by atoms with E-state index in [2.05, 4.69) is 180 Å². The summed E-state index contributed by atoms with van der Waals surface area (Å²) in [6.07, 6.45) is 16.0. The molecule has 0 heterocycles. The molecule has 1 spiro atoms. The third-order valence-corrected chi connectivity index (χ3v) is 17.8. The Morgan fingerprint density at radius 2 is 0.500 bits per heavy atom. The molecule has 5 rings (SSSR count). The molecule has 0 heteroatoms. The first kappa shape index (κ1) is 48.1. The van der Waals surface area contributed by atoms with Gasteiger partial charge in [0.2, 0.25) is 0 Å². The summed E-state index contributed by atoms with van der Waals surface area (Å²) in [6, 6.07) is 0. The first-order chi connectivity index (χ1) is 22.5. The van der Waals surface area contributed by atoms with E-state index < -0.39 is 0 Å². The zero-order valence-corrected chi connectivity index (χ0v) is 41.4. The van der Waals surface area contributed by atoms with Crippen LogP contribution >= 0.6 is 0 Å². The molecule has 0 aliphatic heterocycles. The normalized spacial score (nSPS) is 25.3. The van der Waals surface area contributed by atoms with Crippen LogP contribution in [0.3, 0.4) is 0 Å². The third kappa shape index (κ3) is 8.77. The van der Waals surface area contributed by atoms with Crippen LogP contribution in [-0.2, 0) is 0 Å². The maximum Gasteiger partial charge on any atom is -0.0190 e. The van der Waals surface area contributed by atoms with Crippen molar-refractivity contribution < 1.29 is 0 Å². The Morgan fingerprint density at radius 3 is 0.577 bits per heavy atom. The maximum atomic E-state index is 2.44. The first-order valence-corrected chi connectivity index (χ1v) is 22.5. The molecule has 0 aromatic carbocycles. The van der Waals surface area contributed by atoms with Gasteiger partial charge < -0.3 is 0 Å². The number of hydrogen-bond donors (Lipinski definition) is 0. The summed E-state index contributed by atoms with van der Waals surface area (Å²) in [5, 5.41) is 0. The molecule has 5 aliphatic carbocycles.